The molecule has 4 aromatic rings. The predicted octanol–water partition coefficient (Wildman–Crippen LogP) is 4.75. The molecule has 0 saturated carbocycles. The first-order valence-electron chi connectivity index (χ1n) is 10.7. The summed E-state index contributed by atoms with van der Waals surface area (Å²) in [5.74, 6) is -0.378. The van der Waals surface area contributed by atoms with E-state index in [-0.39, 0.29) is 11.5 Å². The zero-order valence-electron chi connectivity index (χ0n) is 18.1. The number of methoxy groups -OCH3 is 1. The van der Waals surface area contributed by atoms with Crippen LogP contribution in [0.2, 0.25) is 0 Å². The second kappa shape index (κ2) is 8.00. The number of nitrogens with one attached hydrogen (secondary N) is 1. The van der Waals surface area contributed by atoms with E-state index in [1.807, 2.05) is 54.0 Å². The third kappa shape index (κ3) is 3.46. The van der Waals surface area contributed by atoms with Gasteiger partial charge in [0.2, 0.25) is 0 Å². The fourth-order valence-corrected chi connectivity index (χ4v) is 4.49. The maximum Gasteiger partial charge on any atom is 0.354 e. The molecular formula is C27H24N2O3. The monoisotopic (exact) mass is 424 g/mol. The predicted molar refractivity (Wildman–Crippen MR) is 125 cm³/mol. The molecule has 32 heavy (non-hydrogen) atoms. The highest BCUT2D eigenvalue weighted by molar-refractivity contribution is 5.90. The number of hydrogen-bond donors (Lipinski definition) is 1. The summed E-state index contributed by atoms with van der Waals surface area (Å²) in [4.78, 5) is 28.8. The molecule has 5 nitrogen and oxygen atoms in total. The van der Waals surface area contributed by atoms with Crippen LogP contribution in [0.3, 0.4) is 0 Å². The highest BCUT2D eigenvalue weighted by Gasteiger charge is 2.27. The minimum absolute atomic E-state index is 0.134. The summed E-state index contributed by atoms with van der Waals surface area (Å²) < 4.78 is 7.04. The molecule has 0 atom stereocenters. The Balaban J connectivity index is 1.68. The minimum Gasteiger partial charge on any atom is -0.464 e. The Bertz CT molecular complexity index is 1360. The number of benzene rings is 2. The van der Waals surface area contributed by atoms with Crippen molar-refractivity contribution in [2.45, 2.75) is 26.3 Å². The van der Waals surface area contributed by atoms with Crippen molar-refractivity contribution in [2.24, 2.45) is 0 Å². The van der Waals surface area contributed by atoms with Gasteiger partial charge in [-0.1, -0.05) is 60.2 Å². The standard InChI is InChI=1S/C27H24N2O3/c1-17-8-10-18(11-9-17)16-29-23(27(31)32-2)15-21-13-12-20-14-22(19-6-4-3-5-7-19)26(30)28-24(20)25(21)29/h3-11,14-15H,12-13,16H2,1-2H3,(H,28,30). The summed E-state index contributed by atoms with van der Waals surface area (Å²) in [6.07, 6.45) is 1.60. The van der Waals surface area contributed by atoms with Crippen molar-refractivity contribution < 1.29 is 9.53 Å². The Morgan fingerprint density at radius 2 is 1.72 bits per heavy atom. The van der Waals surface area contributed by atoms with Crippen molar-refractivity contribution in [3.63, 3.8) is 0 Å². The van der Waals surface area contributed by atoms with Crippen molar-refractivity contribution in [3.05, 3.63) is 105 Å². The molecule has 0 fully saturated rings. The molecule has 5 heteroatoms. The number of esters is 1. The number of nitrogens with zero attached hydrogens (tertiary/aromatic N) is 1. The van der Waals surface area contributed by atoms with E-state index in [2.05, 4.69) is 29.2 Å². The molecule has 0 amide bonds. The van der Waals surface area contributed by atoms with Crippen LogP contribution >= 0.6 is 0 Å². The molecule has 0 aliphatic heterocycles. The Morgan fingerprint density at radius 1 is 1.00 bits per heavy atom. The summed E-state index contributed by atoms with van der Waals surface area (Å²) in [7, 11) is 1.40. The van der Waals surface area contributed by atoms with Gasteiger partial charge in [-0.3, -0.25) is 4.79 Å². The van der Waals surface area contributed by atoms with Crippen LogP contribution in [0.15, 0.2) is 71.5 Å². The van der Waals surface area contributed by atoms with Crippen molar-refractivity contribution in [1.82, 2.24) is 9.55 Å². The van der Waals surface area contributed by atoms with Crippen LogP contribution in [-0.4, -0.2) is 22.6 Å². The van der Waals surface area contributed by atoms with Gasteiger partial charge in [0.15, 0.2) is 0 Å². The number of aromatic nitrogens is 2. The van der Waals surface area contributed by atoms with Crippen LogP contribution in [-0.2, 0) is 24.1 Å². The number of aromatic amines is 1. The third-order valence-electron chi connectivity index (χ3n) is 6.14. The SMILES string of the molecule is COC(=O)c1cc2c(n1Cc1ccc(C)cc1)-c1[nH]c(=O)c(-c3ccccc3)cc1CC2. The maximum atomic E-state index is 13.0. The third-order valence-corrected chi connectivity index (χ3v) is 6.14. The molecule has 0 spiro atoms. The molecule has 2 aromatic heterocycles. The van der Waals surface area contributed by atoms with E-state index < -0.39 is 0 Å². The van der Waals surface area contributed by atoms with E-state index in [4.69, 9.17) is 4.74 Å². The number of ether oxygens (including phenoxy) is 1. The molecule has 2 heterocycles. The van der Waals surface area contributed by atoms with E-state index in [1.165, 1.54) is 12.7 Å². The molecule has 160 valence electrons. The lowest BCUT2D eigenvalue weighted by molar-refractivity contribution is 0.0589. The van der Waals surface area contributed by atoms with E-state index in [0.29, 0.717) is 17.8 Å². The van der Waals surface area contributed by atoms with Gasteiger partial charge in [-0.05, 0) is 54.2 Å². The fraction of sp³-hybridized carbons (Fsp3) is 0.185. The quantitative estimate of drug-likeness (QED) is 0.481. The van der Waals surface area contributed by atoms with Crippen LogP contribution in [0.1, 0.15) is 32.7 Å². The first-order valence-corrected chi connectivity index (χ1v) is 10.7. The molecule has 0 bridgehead atoms. The summed E-state index contributed by atoms with van der Waals surface area (Å²) >= 11 is 0. The van der Waals surface area contributed by atoms with E-state index in [0.717, 1.165) is 46.5 Å². The Morgan fingerprint density at radius 3 is 2.44 bits per heavy atom. The molecule has 1 aliphatic rings. The van der Waals surface area contributed by atoms with E-state index >= 15 is 0 Å². The average Bonchev–Trinajstić information content (AvgIpc) is 3.19. The number of aryl methyl sites for hydroxylation is 3. The Labute approximate surface area is 186 Å². The van der Waals surface area contributed by atoms with Crippen LogP contribution in [0, 0.1) is 6.92 Å². The molecule has 0 radical (unpaired) electrons. The molecule has 0 saturated heterocycles. The van der Waals surface area contributed by atoms with Gasteiger partial charge in [0.25, 0.3) is 5.56 Å². The van der Waals surface area contributed by atoms with Crippen molar-refractivity contribution in [1.29, 1.82) is 0 Å². The molecule has 0 unspecified atom stereocenters. The average molecular weight is 425 g/mol. The summed E-state index contributed by atoms with van der Waals surface area (Å²) in [6.45, 7) is 2.56. The number of fused-ring (bicyclic) bond motifs is 3. The van der Waals surface area contributed by atoms with Gasteiger partial charge in [0, 0.05) is 12.1 Å². The molecular weight excluding hydrogens is 400 g/mol. The van der Waals surface area contributed by atoms with Crippen LogP contribution in [0.5, 0.6) is 0 Å². The van der Waals surface area contributed by atoms with Crippen molar-refractivity contribution >= 4 is 5.97 Å². The second-order valence-corrected chi connectivity index (χ2v) is 8.25. The van der Waals surface area contributed by atoms with Crippen molar-refractivity contribution in [2.75, 3.05) is 7.11 Å². The van der Waals surface area contributed by atoms with Gasteiger partial charge in [0.05, 0.1) is 18.5 Å². The first-order chi connectivity index (χ1) is 15.5. The zero-order chi connectivity index (χ0) is 22.2. The number of hydrogen-bond acceptors (Lipinski definition) is 3. The number of H-pyrrole nitrogens is 1. The Hall–Kier alpha value is -3.86. The van der Waals surface area contributed by atoms with Crippen LogP contribution in [0.4, 0.5) is 0 Å². The van der Waals surface area contributed by atoms with Gasteiger partial charge < -0.3 is 14.3 Å². The Kier molecular flexibility index (Phi) is 5.02. The van der Waals surface area contributed by atoms with Crippen LogP contribution in [0.25, 0.3) is 22.5 Å². The topological polar surface area (TPSA) is 64.1 Å². The van der Waals surface area contributed by atoms with Crippen LogP contribution < -0.4 is 5.56 Å². The number of carbonyl (C=O) groups excluding carboxylic acids is 1. The summed E-state index contributed by atoms with van der Waals surface area (Å²) in [5.41, 5.74) is 8.00. The largest absolute Gasteiger partial charge is 0.464 e. The minimum atomic E-state index is -0.378. The number of rotatable bonds is 4. The van der Waals surface area contributed by atoms with Gasteiger partial charge in [0.1, 0.15) is 5.69 Å². The molecule has 1 aliphatic carbocycles. The summed E-state index contributed by atoms with van der Waals surface area (Å²) in [5, 5.41) is 0. The van der Waals surface area contributed by atoms with Gasteiger partial charge >= 0.3 is 5.97 Å². The van der Waals surface area contributed by atoms with Crippen molar-refractivity contribution in [3.8, 4) is 22.5 Å². The fourth-order valence-electron chi connectivity index (χ4n) is 4.49. The normalized spacial score (nSPS) is 12.2. The lowest BCUT2D eigenvalue weighted by atomic mass is 9.92. The van der Waals surface area contributed by atoms with Gasteiger partial charge in [-0.25, -0.2) is 4.79 Å². The second-order valence-electron chi connectivity index (χ2n) is 8.25. The van der Waals surface area contributed by atoms with E-state index in [1.54, 1.807) is 0 Å². The zero-order valence-corrected chi connectivity index (χ0v) is 18.1. The lowest BCUT2D eigenvalue weighted by Gasteiger charge is -2.21. The van der Waals surface area contributed by atoms with Gasteiger partial charge in [-0.15, -0.1) is 0 Å². The van der Waals surface area contributed by atoms with Gasteiger partial charge in [-0.2, -0.15) is 0 Å². The molecule has 1 N–H and O–H groups in total. The number of carbonyl (C=O) groups is 1. The summed E-state index contributed by atoms with van der Waals surface area (Å²) in [6, 6.07) is 21.8. The molecule has 5 rings (SSSR count). The first kappa shape index (κ1) is 20.1. The molecule has 2 aromatic carbocycles. The lowest BCUT2D eigenvalue weighted by Crippen LogP contribution is -2.18. The smallest absolute Gasteiger partial charge is 0.354 e. The number of pyridine rings is 1. The highest BCUT2D eigenvalue weighted by atomic mass is 16.5. The maximum absolute atomic E-state index is 13.0. The van der Waals surface area contributed by atoms with E-state index in [9.17, 15) is 9.59 Å². The highest BCUT2D eigenvalue weighted by Crippen LogP contribution is 2.36.